The number of amides is 3. The van der Waals surface area contributed by atoms with Gasteiger partial charge in [0.1, 0.15) is 12.6 Å². The molecule has 0 radical (unpaired) electrons. The van der Waals surface area contributed by atoms with Gasteiger partial charge in [0.2, 0.25) is 23.4 Å². The monoisotopic (exact) mass is 539 g/mol. The highest BCUT2D eigenvalue weighted by Crippen LogP contribution is 2.26. The van der Waals surface area contributed by atoms with Crippen molar-refractivity contribution >= 4 is 29.5 Å². The van der Waals surface area contributed by atoms with Crippen molar-refractivity contribution in [3.63, 3.8) is 0 Å². The minimum atomic E-state index is -1.90. The number of hydrogen-bond donors (Lipinski definition) is 2. The van der Waals surface area contributed by atoms with E-state index < -0.39 is 84.1 Å². The van der Waals surface area contributed by atoms with E-state index >= 15 is 0 Å². The second-order valence-electron chi connectivity index (χ2n) is 8.20. The average molecular weight is 539 g/mol. The number of hydrogen-bond acceptors (Lipinski definition) is 7. The van der Waals surface area contributed by atoms with Crippen LogP contribution in [0, 0.1) is 23.3 Å². The van der Waals surface area contributed by atoms with Crippen LogP contribution in [0.1, 0.15) is 16.8 Å². The summed E-state index contributed by atoms with van der Waals surface area (Å²) < 4.78 is 58.7. The molecule has 0 aliphatic carbocycles. The number of imide groups is 1. The lowest BCUT2D eigenvalue weighted by Crippen LogP contribution is -2.55. The van der Waals surface area contributed by atoms with Crippen LogP contribution in [0.5, 0.6) is 5.75 Å². The summed E-state index contributed by atoms with van der Waals surface area (Å²) in [7, 11) is 0. The molecule has 0 spiro atoms. The molecule has 1 saturated heterocycles. The van der Waals surface area contributed by atoms with Crippen LogP contribution in [0.2, 0.25) is 0 Å². The Bertz CT molecular complexity index is 1230. The Balaban J connectivity index is 1.58. The van der Waals surface area contributed by atoms with E-state index in [-0.39, 0.29) is 25.7 Å². The number of ether oxygens (including phenoxy) is 1. The number of benzene rings is 2. The van der Waals surface area contributed by atoms with Gasteiger partial charge in [-0.05, 0) is 12.1 Å². The zero-order valence-corrected chi connectivity index (χ0v) is 19.6. The van der Waals surface area contributed by atoms with E-state index in [0.29, 0.717) is 5.56 Å². The molecular formula is C24H21F4N3O7. The summed E-state index contributed by atoms with van der Waals surface area (Å²) in [4.78, 5) is 63.5. The Hall–Kier alpha value is -4.33. The van der Waals surface area contributed by atoms with E-state index in [0.717, 1.165) is 4.90 Å². The molecule has 10 nitrogen and oxygen atoms in total. The molecule has 202 valence electrons. The predicted molar refractivity (Wildman–Crippen MR) is 120 cm³/mol. The largest absolute Gasteiger partial charge is 0.481 e. The fraction of sp³-hybridized carbons (Fsp3) is 0.292. The van der Waals surface area contributed by atoms with E-state index in [9.17, 15) is 41.5 Å². The van der Waals surface area contributed by atoms with E-state index in [1.807, 2.05) is 0 Å². The molecule has 3 rings (SSSR count). The molecule has 1 aliphatic heterocycles. The van der Waals surface area contributed by atoms with Gasteiger partial charge in [0.05, 0.1) is 19.5 Å². The third kappa shape index (κ3) is 6.91. The smallest absolute Gasteiger partial charge is 0.305 e. The lowest BCUT2D eigenvalue weighted by Gasteiger charge is -2.32. The summed E-state index contributed by atoms with van der Waals surface area (Å²) in [5.74, 6) is -13.5. The molecular weight excluding hydrogens is 518 g/mol. The Labute approximate surface area is 212 Å². The number of carbonyl (C=O) groups excluding carboxylic acids is 4. The zero-order valence-electron chi connectivity index (χ0n) is 19.6. The van der Waals surface area contributed by atoms with Crippen LogP contribution in [0.4, 0.5) is 17.6 Å². The van der Waals surface area contributed by atoms with Crippen molar-refractivity contribution in [3.8, 4) is 5.75 Å². The van der Waals surface area contributed by atoms with Crippen LogP contribution in [0.15, 0.2) is 36.4 Å². The van der Waals surface area contributed by atoms with Crippen molar-refractivity contribution in [3.05, 3.63) is 65.2 Å². The Morgan fingerprint density at radius 2 is 1.63 bits per heavy atom. The van der Waals surface area contributed by atoms with Gasteiger partial charge in [-0.15, -0.1) is 0 Å². The number of aliphatic carboxylic acids is 1. The molecule has 2 aromatic rings. The summed E-state index contributed by atoms with van der Waals surface area (Å²) in [6, 6.07) is 6.30. The van der Waals surface area contributed by atoms with E-state index in [1.54, 1.807) is 30.3 Å². The van der Waals surface area contributed by atoms with Gasteiger partial charge in [-0.1, -0.05) is 18.2 Å². The number of carboxylic acid groups (broad SMARTS) is 1. The number of carbonyl (C=O) groups is 5. The normalized spacial score (nSPS) is 14.6. The molecule has 1 fully saturated rings. The Morgan fingerprint density at radius 1 is 1.00 bits per heavy atom. The summed E-state index contributed by atoms with van der Waals surface area (Å²) in [6.45, 7) is -1.87. The fourth-order valence-corrected chi connectivity index (χ4v) is 3.59. The number of nitrogens with one attached hydrogen (secondary N) is 1. The number of Topliss-reactive ketones (excluding diaryl/α,β-unsaturated/α-hetero) is 1. The third-order valence-electron chi connectivity index (χ3n) is 5.47. The van der Waals surface area contributed by atoms with Gasteiger partial charge in [0.15, 0.2) is 23.2 Å². The van der Waals surface area contributed by atoms with Crippen LogP contribution in [-0.2, 0) is 19.2 Å². The van der Waals surface area contributed by atoms with Crippen molar-refractivity contribution in [1.29, 1.82) is 0 Å². The maximum atomic E-state index is 13.7. The number of carboxylic acids is 1. The predicted octanol–water partition coefficient (Wildman–Crippen LogP) is 1.14. The van der Waals surface area contributed by atoms with Gasteiger partial charge in [0, 0.05) is 24.7 Å². The van der Waals surface area contributed by atoms with Crippen molar-refractivity contribution in [2.45, 2.75) is 12.5 Å². The molecule has 3 amide bonds. The van der Waals surface area contributed by atoms with Gasteiger partial charge in [-0.3, -0.25) is 33.8 Å². The molecule has 2 N–H and O–H groups in total. The lowest BCUT2D eigenvalue weighted by molar-refractivity contribution is -0.140. The van der Waals surface area contributed by atoms with Crippen molar-refractivity contribution in [2.24, 2.45) is 0 Å². The Kier molecular flexibility index (Phi) is 9.12. The van der Waals surface area contributed by atoms with Gasteiger partial charge >= 0.3 is 5.97 Å². The number of piperazine rings is 1. The first-order valence-electron chi connectivity index (χ1n) is 11.1. The first-order chi connectivity index (χ1) is 18.0. The van der Waals surface area contributed by atoms with E-state index in [4.69, 9.17) is 5.11 Å². The van der Waals surface area contributed by atoms with Crippen LogP contribution < -0.4 is 10.1 Å². The maximum absolute atomic E-state index is 13.7. The minimum Gasteiger partial charge on any atom is -0.481 e. The number of nitrogens with zero attached hydrogens (tertiary/aromatic N) is 2. The highest BCUT2D eigenvalue weighted by atomic mass is 19.2. The highest BCUT2D eigenvalue weighted by Gasteiger charge is 2.32. The van der Waals surface area contributed by atoms with Crippen molar-refractivity contribution in [2.75, 3.05) is 32.8 Å². The number of ketones is 1. The van der Waals surface area contributed by atoms with Crippen LogP contribution in [0.3, 0.4) is 0 Å². The molecule has 0 unspecified atom stereocenters. The average Bonchev–Trinajstić information content (AvgIpc) is 2.87. The van der Waals surface area contributed by atoms with Gasteiger partial charge in [-0.25, -0.2) is 8.78 Å². The van der Waals surface area contributed by atoms with Gasteiger partial charge < -0.3 is 15.2 Å². The van der Waals surface area contributed by atoms with E-state index in [1.165, 1.54) is 4.90 Å². The van der Waals surface area contributed by atoms with Crippen molar-refractivity contribution < 1.29 is 51.4 Å². The first-order valence-corrected chi connectivity index (χ1v) is 11.1. The van der Waals surface area contributed by atoms with Gasteiger partial charge in [0.25, 0.3) is 5.91 Å². The first kappa shape index (κ1) is 28.2. The standard InChI is InChI=1S/C24H21F4N3O7/c25-14-8-15(26)22(28)23(21(14)27)38-12-17(32)16(9-20(35)36)29-18(33)10-30-6-7-31(19(34)11-30)24(37)13-4-2-1-3-5-13/h1-5,8,16H,6-7,9-12H2,(H,29,33)(H,35,36)/t16-/m0/s1. The molecule has 14 heteroatoms. The fourth-order valence-electron chi connectivity index (χ4n) is 3.59. The summed E-state index contributed by atoms with van der Waals surface area (Å²) in [6.07, 6.45) is -0.936. The zero-order chi connectivity index (χ0) is 28.0. The molecule has 2 aromatic carbocycles. The number of rotatable bonds is 10. The summed E-state index contributed by atoms with van der Waals surface area (Å²) in [5.41, 5.74) is 0.310. The van der Waals surface area contributed by atoms with Crippen molar-refractivity contribution in [1.82, 2.24) is 15.1 Å². The lowest BCUT2D eigenvalue weighted by atomic mass is 10.1. The molecule has 1 atom stereocenters. The molecule has 0 saturated carbocycles. The summed E-state index contributed by atoms with van der Waals surface area (Å²) in [5, 5.41) is 11.2. The SMILES string of the molecule is O=C(O)C[C@H](NC(=O)CN1CCN(C(=O)c2ccccc2)C(=O)C1)C(=O)COc1c(F)c(F)cc(F)c1F. The quantitative estimate of drug-likeness (QED) is 0.261. The number of halogens is 4. The molecule has 38 heavy (non-hydrogen) atoms. The molecule has 0 bridgehead atoms. The maximum Gasteiger partial charge on any atom is 0.305 e. The highest BCUT2D eigenvalue weighted by molar-refractivity contribution is 6.05. The van der Waals surface area contributed by atoms with Crippen LogP contribution >= 0.6 is 0 Å². The van der Waals surface area contributed by atoms with Crippen LogP contribution in [-0.4, -0.2) is 83.2 Å². The van der Waals surface area contributed by atoms with E-state index in [2.05, 4.69) is 10.1 Å². The third-order valence-corrected chi connectivity index (χ3v) is 5.47. The molecule has 0 aromatic heterocycles. The molecule has 1 aliphatic rings. The minimum absolute atomic E-state index is 0.0213. The van der Waals surface area contributed by atoms with Crippen LogP contribution in [0.25, 0.3) is 0 Å². The van der Waals surface area contributed by atoms with Gasteiger partial charge in [-0.2, -0.15) is 8.78 Å². The Morgan fingerprint density at radius 3 is 2.21 bits per heavy atom. The summed E-state index contributed by atoms with van der Waals surface area (Å²) >= 11 is 0. The second-order valence-corrected chi connectivity index (χ2v) is 8.20. The molecule has 1 heterocycles. The second kappa shape index (κ2) is 12.3. The topological polar surface area (TPSA) is 133 Å².